The Bertz CT molecular complexity index is 187. The van der Waals surface area contributed by atoms with Gasteiger partial charge in [0.15, 0.2) is 6.61 Å². The summed E-state index contributed by atoms with van der Waals surface area (Å²) in [5, 5.41) is 9.74. The van der Waals surface area contributed by atoms with E-state index in [1.165, 1.54) is 6.92 Å². The standard InChI is InChI=1S/C6H9NO4/c1-5(2)6(8)11-4-3-7(9)10/h1,3-4H2,2H3. The summed E-state index contributed by atoms with van der Waals surface area (Å²) in [5.41, 5.74) is 0.244. The highest BCUT2D eigenvalue weighted by Gasteiger charge is 2.04. The molecule has 0 spiro atoms. The number of ether oxygens (including phenoxy) is 1. The topological polar surface area (TPSA) is 69.4 Å². The SMILES string of the molecule is C=C(C)C(=O)OCC[N+](=O)[O-]. The summed E-state index contributed by atoms with van der Waals surface area (Å²) in [7, 11) is 0. The van der Waals surface area contributed by atoms with Crippen LogP contribution in [0.25, 0.3) is 0 Å². The molecule has 0 N–H and O–H groups in total. The number of carbonyl (C=O) groups is 1. The monoisotopic (exact) mass is 159 g/mol. The van der Waals surface area contributed by atoms with Crippen molar-refractivity contribution < 1.29 is 14.5 Å². The summed E-state index contributed by atoms with van der Waals surface area (Å²) in [6.45, 7) is 4.23. The van der Waals surface area contributed by atoms with E-state index in [1.807, 2.05) is 0 Å². The average Bonchev–Trinajstić information content (AvgIpc) is 1.86. The van der Waals surface area contributed by atoms with Gasteiger partial charge in [0.25, 0.3) is 0 Å². The lowest BCUT2D eigenvalue weighted by Crippen LogP contribution is -2.13. The number of nitrogens with zero attached hydrogens (tertiary/aromatic N) is 1. The Morgan fingerprint density at radius 2 is 2.27 bits per heavy atom. The van der Waals surface area contributed by atoms with Gasteiger partial charge in [0.1, 0.15) is 0 Å². The van der Waals surface area contributed by atoms with Crippen molar-refractivity contribution >= 4 is 5.97 Å². The molecule has 0 amide bonds. The number of esters is 1. The molecule has 5 nitrogen and oxygen atoms in total. The van der Waals surface area contributed by atoms with Crippen LogP contribution in [0, 0.1) is 10.1 Å². The first-order valence-corrected chi connectivity index (χ1v) is 2.98. The number of rotatable bonds is 4. The van der Waals surface area contributed by atoms with E-state index in [1.54, 1.807) is 0 Å². The van der Waals surface area contributed by atoms with Crippen molar-refractivity contribution in [2.75, 3.05) is 13.2 Å². The smallest absolute Gasteiger partial charge is 0.333 e. The van der Waals surface area contributed by atoms with E-state index in [-0.39, 0.29) is 18.7 Å². The second kappa shape index (κ2) is 4.43. The Balaban J connectivity index is 3.47. The first kappa shape index (κ1) is 9.61. The summed E-state index contributed by atoms with van der Waals surface area (Å²) in [6, 6.07) is 0. The molecule has 0 rings (SSSR count). The lowest BCUT2D eigenvalue weighted by molar-refractivity contribution is -0.482. The molecule has 0 radical (unpaired) electrons. The maximum absolute atomic E-state index is 10.6. The molecule has 11 heavy (non-hydrogen) atoms. The number of nitro groups is 1. The van der Waals surface area contributed by atoms with Crippen LogP contribution in [0.2, 0.25) is 0 Å². The van der Waals surface area contributed by atoms with Crippen molar-refractivity contribution in [1.29, 1.82) is 0 Å². The molecule has 0 atom stereocenters. The van der Waals surface area contributed by atoms with Crippen molar-refractivity contribution in [2.45, 2.75) is 6.92 Å². The second-order valence-electron chi connectivity index (χ2n) is 1.97. The molecule has 0 aromatic rings. The van der Waals surface area contributed by atoms with Gasteiger partial charge in [0.05, 0.1) is 0 Å². The van der Waals surface area contributed by atoms with Gasteiger partial charge in [-0.25, -0.2) is 4.79 Å². The van der Waals surface area contributed by atoms with Crippen LogP contribution in [0.1, 0.15) is 6.92 Å². The van der Waals surface area contributed by atoms with Gasteiger partial charge in [-0.3, -0.25) is 10.1 Å². The van der Waals surface area contributed by atoms with E-state index in [0.29, 0.717) is 0 Å². The molecule has 0 unspecified atom stereocenters. The van der Waals surface area contributed by atoms with E-state index in [0.717, 1.165) is 0 Å². The zero-order valence-electron chi connectivity index (χ0n) is 6.20. The molecular weight excluding hydrogens is 150 g/mol. The Kier molecular flexibility index (Phi) is 3.87. The van der Waals surface area contributed by atoms with Gasteiger partial charge in [0, 0.05) is 10.5 Å². The molecule has 62 valence electrons. The highest BCUT2D eigenvalue weighted by Crippen LogP contribution is 1.90. The average molecular weight is 159 g/mol. The van der Waals surface area contributed by atoms with Crippen LogP contribution in [0.4, 0.5) is 0 Å². The molecular formula is C6H9NO4. The maximum atomic E-state index is 10.6. The largest absolute Gasteiger partial charge is 0.455 e. The first-order chi connectivity index (χ1) is 5.04. The lowest BCUT2D eigenvalue weighted by atomic mass is 10.4. The van der Waals surface area contributed by atoms with E-state index in [9.17, 15) is 14.9 Å². The summed E-state index contributed by atoms with van der Waals surface area (Å²) < 4.78 is 4.43. The third kappa shape index (κ3) is 5.07. The van der Waals surface area contributed by atoms with Gasteiger partial charge in [0.2, 0.25) is 6.54 Å². The van der Waals surface area contributed by atoms with Gasteiger partial charge in [-0.15, -0.1) is 0 Å². The molecule has 0 saturated carbocycles. The zero-order chi connectivity index (χ0) is 8.85. The molecule has 0 fully saturated rings. The van der Waals surface area contributed by atoms with Gasteiger partial charge in [-0.1, -0.05) is 6.58 Å². The van der Waals surface area contributed by atoms with Crippen molar-refractivity contribution in [3.63, 3.8) is 0 Å². The fraction of sp³-hybridized carbons (Fsp3) is 0.500. The minimum Gasteiger partial charge on any atom is -0.455 e. The molecule has 0 bridgehead atoms. The van der Waals surface area contributed by atoms with Gasteiger partial charge < -0.3 is 4.74 Å². The predicted molar refractivity (Wildman–Crippen MR) is 37.6 cm³/mol. The Morgan fingerprint density at radius 3 is 2.64 bits per heavy atom. The van der Waals surface area contributed by atoms with Crippen LogP contribution in [-0.4, -0.2) is 24.0 Å². The van der Waals surface area contributed by atoms with E-state index < -0.39 is 10.9 Å². The normalized spacial score (nSPS) is 8.82. The first-order valence-electron chi connectivity index (χ1n) is 2.98. The fourth-order valence-electron chi connectivity index (χ4n) is 0.336. The molecule has 0 aliphatic rings. The van der Waals surface area contributed by atoms with Gasteiger partial charge in [-0.2, -0.15) is 0 Å². The number of hydrogen-bond donors (Lipinski definition) is 0. The summed E-state index contributed by atoms with van der Waals surface area (Å²) in [6.07, 6.45) is 0. The van der Waals surface area contributed by atoms with Crippen LogP contribution < -0.4 is 0 Å². The van der Waals surface area contributed by atoms with Crippen LogP contribution in [0.3, 0.4) is 0 Å². The van der Waals surface area contributed by atoms with E-state index >= 15 is 0 Å². The highest BCUT2D eigenvalue weighted by atomic mass is 16.6. The molecule has 0 heterocycles. The van der Waals surface area contributed by atoms with Gasteiger partial charge >= 0.3 is 5.97 Å². The minimum atomic E-state index is -0.591. The molecule has 0 aliphatic heterocycles. The van der Waals surface area contributed by atoms with Gasteiger partial charge in [-0.05, 0) is 6.92 Å². The molecule has 5 heteroatoms. The van der Waals surface area contributed by atoms with E-state index in [4.69, 9.17) is 0 Å². The lowest BCUT2D eigenvalue weighted by Gasteiger charge is -1.99. The van der Waals surface area contributed by atoms with E-state index in [2.05, 4.69) is 11.3 Å². The van der Waals surface area contributed by atoms with Crippen LogP contribution in [-0.2, 0) is 9.53 Å². The van der Waals surface area contributed by atoms with Crippen molar-refractivity contribution in [3.05, 3.63) is 22.3 Å². The third-order valence-electron chi connectivity index (χ3n) is 0.855. The van der Waals surface area contributed by atoms with Crippen LogP contribution in [0.15, 0.2) is 12.2 Å². The van der Waals surface area contributed by atoms with Crippen LogP contribution in [0.5, 0.6) is 0 Å². The highest BCUT2D eigenvalue weighted by molar-refractivity contribution is 5.86. The predicted octanol–water partition coefficient (Wildman–Crippen LogP) is 0.382. The molecule has 0 aliphatic carbocycles. The Hall–Kier alpha value is -1.39. The van der Waals surface area contributed by atoms with Crippen molar-refractivity contribution in [3.8, 4) is 0 Å². The molecule has 0 aromatic carbocycles. The quantitative estimate of drug-likeness (QED) is 0.257. The third-order valence-corrected chi connectivity index (χ3v) is 0.855. The molecule has 0 saturated heterocycles. The van der Waals surface area contributed by atoms with Crippen LogP contribution >= 0.6 is 0 Å². The Labute approximate surface area is 63.8 Å². The fourth-order valence-corrected chi connectivity index (χ4v) is 0.336. The number of carbonyl (C=O) groups excluding carboxylic acids is 1. The summed E-state index contributed by atoms with van der Waals surface area (Å²) in [5.74, 6) is -0.591. The molecule has 0 aromatic heterocycles. The number of hydrogen-bond acceptors (Lipinski definition) is 4. The minimum absolute atomic E-state index is 0.196. The Morgan fingerprint density at radius 1 is 1.73 bits per heavy atom. The van der Waals surface area contributed by atoms with Crippen molar-refractivity contribution in [1.82, 2.24) is 0 Å². The maximum Gasteiger partial charge on any atom is 0.333 e. The summed E-state index contributed by atoms with van der Waals surface area (Å²) >= 11 is 0. The zero-order valence-corrected chi connectivity index (χ0v) is 6.20. The second-order valence-corrected chi connectivity index (χ2v) is 1.97. The van der Waals surface area contributed by atoms with Crippen molar-refractivity contribution in [2.24, 2.45) is 0 Å². The summed E-state index contributed by atoms with van der Waals surface area (Å²) in [4.78, 5) is 19.8.